The zero-order valence-electron chi connectivity index (χ0n) is 28.0. The van der Waals surface area contributed by atoms with Crippen molar-refractivity contribution in [1.29, 1.82) is 0 Å². The van der Waals surface area contributed by atoms with E-state index in [9.17, 15) is 0 Å². The highest BCUT2D eigenvalue weighted by molar-refractivity contribution is 7.26. The standard InChI is InChI=1S/C47H30N4S/c1-4-15-32(16-5-1)45-48-46(33-17-6-2-7-18-33)50-47(49-45)41-29-35-20-12-13-23-39(35)43-40-27-26-38(30-42(40)52-44(41)43)51(36-21-8-3-9-22-36)37-25-24-31-14-10-11-19-34(31)28-37/h1-30H. The van der Waals surface area contributed by atoms with Crippen molar-refractivity contribution in [1.82, 2.24) is 15.0 Å². The number of benzene rings is 8. The molecule has 0 aliphatic rings. The molecule has 4 nitrogen and oxygen atoms in total. The van der Waals surface area contributed by atoms with Crippen LogP contribution in [0, 0.1) is 0 Å². The lowest BCUT2D eigenvalue weighted by Gasteiger charge is -2.26. The lowest BCUT2D eigenvalue weighted by atomic mass is 9.99. The first-order valence-corrected chi connectivity index (χ1v) is 18.2. The van der Waals surface area contributed by atoms with E-state index in [0.29, 0.717) is 17.5 Å². The summed E-state index contributed by atoms with van der Waals surface area (Å²) in [6.07, 6.45) is 0. The van der Waals surface area contributed by atoms with Gasteiger partial charge in [0, 0.05) is 53.9 Å². The Morgan fingerprint density at radius 3 is 1.65 bits per heavy atom. The second-order valence-corrected chi connectivity index (χ2v) is 13.9. The maximum Gasteiger partial charge on any atom is 0.165 e. The van der Waals surface area contributed by atoms with Gasteiger partial charge in [-0.15, -0.1) is 11.3 Å². The van der Waals surface area contributed by atoms with E-state index in [0.717, 1.165) is 43.8 Å². The molecule has 0 aliphatic carbocycles. The highest BCUT2D eigenvalue weighted by Gasteiger charge is 2.21. The van der Waals surface area contributed by atoms with Crippen LogP contribution in [0.4, 0.5) is 17.1 Å². The molecule has 2 heterocycles. The van der Waals surface area contributed by atoms with Gasteiger partial charge in [-0.1, -0.05) is 140 Å². The second-order valence-electron chi connectivity index (χ2n) is 12.9. The molecule has 2 aromatic heterocycles. The van der Waals surface area contributed by atoms with E-state index in [-0.39, 0.29) is 0 Å². The van der Waals surface area contributed by atoms with Gasteiger partial charge in [0.25, 0.3) is 0 Å². The fourth-order valence-electron chi connectivity index (χ4n) is 7.19. The summed E-state index contributed by atoms with van der Waals surface area (Å²) in [5.41, 5.74) is 6.24. The quantitative estimate of drug-likeness (QED) is 0.175. The van der Waals surface area contributed by atoms with Crippen molar-refractivity contribution in [3.63, 3.8) is 0 Å². The summed E-state index contributed by atoms with van der Waals surface area (Å²) < 4.78 is 2.36. The van der Waals surface area contributed by atoms with E-state index >= 15 is 0 Å². The fourth-order valence-corrected chi connectivity index (χ4v) is 8.45. The molecule has 10 aromatic rings. The summed E-state index contributed by atoms with van der Waals surface area (Å²) in [5.74, 6) is 1.98. The van der Waals surface area contributed by atoms with Gasteiger partial charge in [-0.25, -0.2) is 15.0 Å². The van der Waals surface area contributed by atoms with Crippen molar-refractivity contribution in [2.75, 3.05) is 4.90 Å². The Balaban J connectivity index is 1.21. The highest BCUT2D eigenvalue weighted by Crippen LogP contribution is 2.46. The first kappa shape index (κ1) is 30.2. The average molecular weight is 683 g/mol. The molecule has 244 valence electrons. The van der Waals surface area contributed by atoms with Crippen LogP contribution in [0.25, 0.3) is 75.9 Å². The molecular formula is C47H30N4S. The predicted molar refractivity (Wildman–Crippen MR) is 219 cm³/mol. The predicted octanol–water partition coefficient (Wildman–Crippen LogP) is 13.0. The molecule has 0 unspecified atom stereocenters. The third kappa shape index (κ3) is 5.27. The van der Waals surface area contributed by atoms with Gasteiger partial charge in [-0.2, -0.15) is 0 Å². The molecular weight excluding hydrogens is 653 g/mol. The van der Waals surface area contributed by atoms with Crippen LogP contribution in [0.5, 0.6) is 0 Å². The molecule has 0 saturated carbocycles. The zero-order valence-corrected chi connectivity index (χ0v) is 28.8. The maximum atomic E-state index is 5.15. The number of anilines is 3. The van der Waals surface area contributed by atoms with Crippen molar-refractivity contribution < 1.29 is 0 Å². The molecule has 0 saturated heterocycles. The molecule has 5 heteroatoms. The van der Waals surface area contributed by atoms with Crippen LogP contribution in [0.15, 0.2) is 182 Å². The number of hydrogen-bond acceptors (Lipinski definition) is 5. The van der Waals surface area contributed by atoms with Crippen molar-refractivity contribution in [3.8, 4) is 34.2 Å². The van der Waals surface area contributed by atoms with Crippen LogP contribution in [-0.4, -0.2) is 15.0 Å². The van der Waals surface area contributed by atoms with Crippen LogP contribution in [0.3, 0.4) is 0 Å². The third-order valence-electron chi connectivity index (χ3n) is 9.65. The van der Waals surface area contributed by atoms with Crippen LogP contribution < -0.4 is 4.90 Å². The van der Waals surface area contributed by atoms with Crippen molar-refractivity contribution in [3.05, 3.63) is 182 Å². The Hall–Kier alpha value is -6.69. The second kappa shape index (κ2) is 12.6. The SMILES string of the molecule is c1ccc(-c2nc(-c3ccccc3)nc(-c3cc4ccccc4c4c3sc3cc(N(c5ccccc5)c5ccc6ccccc6c5)ccc34)n2)cc1. The lowest BCUT2D eigenvalue weighted by Crippen LogP contribution is -2.09. The minimum Gasteiger partial charge on any atom is -0.310 e. The molecule has 0 spiro atoms. The molecule has 0 atom stereocenters. The Morgan fingerprint density at radius 2 is 0.942 bits per heavy atom. The van der Waals surface area contributed by atoms with E-state index in [1.54, 1.807) is 11.3 Å². The fraction of sp³-hybridized carbons (Fsp3) is 0. The Morgan fingerprint density at radius 1 is 0.385 bits per heavy atom. The summed E-state index contributed by atoms with van der Waals surface area (Å²) in [5, 5.41) is 7.24. The number of aromatic nitrogens is 3. The summed E-state index contributed by atoms with van der Waals surface area (Å²) in [7, 11) is 0. The van der Waals surface area contributed by atoms with Crippen LogP contribution in [0.2, 0.25) is 0 Å². The normalized spacial score (nSPS) is 11.5. The molecule has 0 bridgehead atoms. The minimum absolute atomic E-state index is 0.656. The Bertz CT molecular complexity index is 2850. The van der Waals surface area contributed by atoms with Gasteiger partial charge in [0.2, 0.25) is 0 Å². The van der Waals surface area contributed by atoms with Gasteiger partial charge in [0.15, 0.2) is 17.5 Å². The molecule has 0 fully saturated rings. The molecule has 0 radical (unpaired) electrons. The number of para-hydroxylation sites is 1. The first-order valence-electron chi connectivity index (χ1n) is 17.4. The molecule has 0 aliphatic heterocycles. The van der Waals surface area contributed by atoms with Crippen molar-refractivity contribution in [2.24, 2.45) is 0 Å². The van der Waals surface area contributed by atoms with Crippen LogP contribution >= 0.6 is 11.3 Å². The summed E-state index contributed by atoms with van der Waals surface area (Å²) >= 11 is 1.80. The van der Waals surface area contributed by atoms with Crippen molar-refractivity contribution in [2.45, 2.75) is 0 Å². The summed E-state index contributed by atoms with van der Waals surface area (Å²) in [6, 6.07) is 63.9. The number of hydrogen-bond donors (Lipinski definition) is 0. The number of thiophene rings is 1. The number of fused-ring (bicyclic) bond motifs is 6. The first-order chi connectivity index (χ1) is 25.8. The topological polar surface area (TPSA) is 41.9 Å². The summed E-state index contributed by atoms with van der Waals surface area (Å²) in [4.78, 5) is 17.6. The van der Waals surface area contributed by atoms with E-state index in [4.69, 9.17) is 15.0 Å². The molecule has 0 N–H and O–H groups in total. The van der Waals surface area contributed by atoms with Gasteiger partial charge in [-0.05, 0) is 64.0 Å². The van der Waals surface area contributed by atoms with Gasteiger partial charge in [0.05, 0.1) is 0 Å². The molecule has 52 heavy (non-hydrogen) atoms. The smallest absolute Gasteiger partial charge is 0.165 e. The zero-order chi connectivity index (χ0) is 34.4. The maximum absolute atomic E-state index is 5.15. The third-order valence-corrected chi connectivity index (χ3v) is 10.8. The van der Waals surface area contributed by atoms with Crippen molar-refractivity contribution >= 4 is 70.1 Å². The number of rotatable bonds is 6. The molecule has 10 rings (SSSR count). The lowest BCUT2D eigenvalue weighted by molar-refractivity contribution is 1.08. The molecule has 8 aromatic carbocycles. The average Bonchev–Trinajstić information content (AvgIpc) is 3.61. The van der Waals surface area contributed by atoms with Crippen LogP contribution in [0.1, 0.15) is 0 Å². The van der Waals surface area contributed by atoms with E-state index in [1.807, 2.05) is 36.4 Å². The summed E-state index contributed by atoms with van der Waals surface area (Å²) in [6.45, 7) is 0. The molecule has 0 amide bonds. The van der Waals surface area contributed by atoms with Gasteiger partial charge in [-0.3, -0.25) is 0 Å². The number of nitrogens with zero attached hydrogens (tertiary/aromatic N) is 4. The largest absolute Gasteiger partial charge is 0.310 e. The Kier molecular flexibility index (Phi) is 7.29. The Labute approximate surface area is 305 Å². The minimum atomic E-state index is 0.656. The van der Waals surface area contributed by atoms with E-state index < -0.39 is 0 Å². The van der Waals surface area contributed by atoms with Gasteiger partial charge in [0.1, 0.15) is 0 Å². The van der Waals surface area contributed by atoms with Gasteiger partial charge >= 0.3 is 0 Å². The van der Waals surface area contributed by atoms with Crippen LogP contribution in [-0.2, 0) is 0 Å². The van der Waals surface area contributed by atoms with E-state index in [2.05, 4.69) is 150 Å². The monoisotopic (exact) mass is 682 g/mol. The van der Waals surface area contributed by atoms with E-state index in [1.165, 1.54) is 31.6 Å². The highest BCUT2D eigenvalue weighted by atomic mass is 32.1. The van der Waals surface area contributed by atoms with Gasteiger partial charge < -0.3 is 4.90 Å².